The first kappa shape index (κ1) is 13.9. The highest BCUT2D eigenvalue weighted by Crippen LogP contribution is 2.25. The Bertz CT molecular complexity index is 423. The first-order chi connectivity index (χ1) is 9.11. The zero-order chi connectivity index (χ0) is 13.8. The van der Waals surface area contributed by atoms with Crippen molar-refractivity contribution < 1.29 is 4.79 Å². The second kappa shape index (κ2) is 6.09. The van der Waals surface area contributed by atoms with Gasteiger partial charge in [-0.05, 0) is 36.5 Å². The van der Waals surface area contributed by atoms with E-state index in [2.05, 4.69) is 43.0 Å². The minimum atomic E-state index is 0.405. The van der Waals surface area contributed by atoms with E-state index < -0.39 is 0 Å². The Morgan fingerprint density at radius 1 is 1.32 bits per heavy atom. The highest BCUT2D eigenvalue weighted by molar-refractivity contribution is 5.50. The molecule has 3 nitrogen and oxygen atoms in total. The molecule has 1 fully saturated rings. The minimum absolute atomic E-state index is 0.405. The lowest BCUT2D eigenvalue weighted by Gasteiger charge is -2.36. The molecule has 1 aliphatic rings. The molecule has 19 heavy (non-hydrogen) atoms. The standard InChI is InChI=1S/C16H24N2O/c1-13(2)14-5-4-6-16(11-14)18-9-7-15(8-10-18)17(3)12-19/h4-6,11-13,15H,7-10H2,1-3H3. The number of carbonyl (C=O) groups is 1. The Morgan fingerprint density at radius 3 is 2.58 bits per heavy atom. The first-order valence-corrected chi connectivity index (χ1v) is 7.14. The molecule has 0 saturated carbocycles. The summed E-state index contributed by atoms with van der Waals surface area (Å²) in [6.07, 6.45) is 3.06. The summed E-state index contributed by atoms with van der Waals surface area (Å²) in [6.45, 7) is 6.52. The maximum atomic E-state index is 10.8. The average Bonchev–Trinajstić information content (AvgIpc) is 2.46. The quantitative estimate of drug-likeness (QED) is 0.777. The van der Waals surface area contributed by atoms with Crippen molar-refractivity contribution in [1.29, 1.82) is 0 Å². The zero-order valence-electron chi connectivity index (χ0n) is 12.2. The molecule has 0 aliphatic carbocycles. The van der Waals surface area contributed by atoms with E-state index in [1.165, 1.54) is 11.3 Å². The van der Waals surface area contributed by atoms with Crippen LogP contribution in [0.1, 0.15) is 38.2 Å². The van der Waals surface area contributed by atoms with Crippen LogP contribution in [0.3, 0.4) is 0 Å². The molecular formula is C16H24N2O. The lowest BCUT2D eigenvalue weighted by Crippen LogP contribution is -2.42. The Hall–Kier alpha value is -1.51. The highest BCUT2D eigenvalue weighted by atomic mass is 16.1. The summed E-state index contributed by atoms with van der Waals surface area (Å²) < 4.78 is 0. The maximum Gasteiger partial charge on any atom is 0.209 e. The van der Waals surface area contributed by atoms with Crippen LogP contribution in [0.5, 0.6) is 0 Å². The Morgan fingerprint density at radius 2 is 2.00 bits per heavy atom. The van der Waals surface area contributed by atoms with Gasteiger partial charge in [0.05, 0.1) is 0 Å². The van der Waals surface area contributed by atoms with Gasteiger partial charge in [-0.3, -0.25) is 4.79 Å². The van der Waals surface area contributed by atoms with Crippen LogP contribution >= 0.6 is 0 Å². The highest BCUT2D eigenvalue weighted by Gasteiger charge is 2.21. The van der Waals surface area contributed by atoms with Crippen molar-refractivity contribution in [2.45, 2.75) is 38.6 Å². The van der Waals surface area contributed by atoms with Crippen molar-refractivity contribution in [3.8, 4) is 0 Å². The van der Waals surface area contributed by atoms with Gasteiger partial charge in [0.25, 0.3) is 0 Å². The fourth-order valence-corrected chi connectivity index (χ4v) is 2.70. The molecular weight excluding hydrogens is 236 g/mol. The summed E-state index contributed by atoms with van der Waals surface area (Å²) in [6, 6.07) is 9.24. The van der Waals surface area contributed by atoms with Gasteiger partial charge >= 0.3 is 0 Å². The van der Waals surface area contributed by atoms with Gasteiger partial charge in [0.2, 0.25) is 6.41 Å². The van der Waals surface area contributed by atoms with Crippen LogP contribution in [-0.4, -0.2) is 37.5 Å². The van der Waals surface area contributed by atoms with Crippen LogP contribution < -0.4 is 4.90 Å². The zero-order valence-corrected chi connectivity index (χ0v) is 12.2. The van der Waals surface area contributed by atoms with Gasteiger partial charge in [0.15, 0.2) is 0 Å². The van der Waals surface area contributed by atoms with Crippen molar-refractivity contribution in [3.05, 3.63) is 29.8 Å². The van der Waals surface area contributed by atoms with Crippen molar-refractivity contribution in [3.63, 3.8) is 0 Å². The Kier molecular flexibility index (Phi) is 4.46. The van der Waals surface area contributed by atoms with Gasteiger partial charge < -0.3 is 9.80 Å². The molecule has 0 atom stereocenters. The predicted octanol–water partition coefficient (Wildman–Crippen LogP) is 2.87. The summed E-state index contributed by atoms with van der Waals surface area (Å²) in [5.41, 5.74) is 2.71. The average molecular weight is 260 g/mol. The van der Waals surface area contributed by atoms with Crippen molar-refractivity contribution in [1.82, 2.24) is 4.90 Å². The number of piperidine rings is 1. The number of benzene rings is 1. The molecule has 1 aliphatic heterocycles. The van der Waals surface area contributed by atoms with Crippen LogP contribution in [0.15, 0.2) is 24.3 Å². The number of anilines is 1. The van der Waals surface area contributed by atoms with E-state index in [9.17, 15) is 4.79 Å². The predicted molar refractivity (Wildman–Crippen MR) is 79.6 cm³/mol. The summed E-state index contributed by atoms with van der Waals surface area (Å²) in [4.78, 5) is 15.0. The SMILES string of the molecule is CC(C)c1cccc(N2CCC(N(C)C=O)CC2)c1. The molecule has 1 amide bonds. The van der Waals surface area contributed by atoms with E-state index in [0.29, 0.717) is 12.0 Å². The third-order valence-corrected chi connectivity index (χ3v) is 4.11. The summed E-state index contributed by atoms with van der Waals surface area (Å²) >= 11 is 0. The molecule has 0 bridgehead atoms. The lowest BCUT2D eigenvalue weighted by molar-refractivity contribution is -0.119. The molecule has 3 heteroatoms. The normalized spacial score (nSPS) is 16.7. The summed E-state index contributed by atoms with van der Waals surface area (Å²) in [5, 5.41) is 0. The van der Waals surface area contributed by atoms with E-state index in [0.717, 1.165) is 32.3 Å². The summed E-state index contributed by atoms with van der Waals surface area (Å²) in [7, 11) is 1.88. The number of hydrogen-bond donors (Lipinski definition) is 0. The topological polar surface area (TPSA) is 23.6 Å². The second-order valence-corrected chi connectivity index (χ2v) is 5.74. The Balaban J connectivity index is 2.01. The first-order valence-electron chi connectivity index (χ1n) is 7.14. The number of hydrogen-bond acceptors (Lipinski definition) is 2. The van der Waals surface area contributed by atoms with Crippen LogP contribution in [0.2, 0.25) is 0 Å². The van der Waals surface area contributed by atoms with Gasteiger partial charge in [-0.2, -0.15) is 0 Å². The van der Waals surface area contributed by atoms with Gasteiger partial charge in [-0.1, -0.05) is 26.0 Å². The molecule has 0 spiro atoms. The fourth-order valence-electron chi connectivity index (χ4n) is 2.70. The third-order valence-electron chi connectivity index (χ3n) is 4.11. The maximum absolute atomic E-state index is 10.8. The number of amides is 1. The Labute approximate surface area is 116 Å². The number of carbonyl (C=O) groups excluding carboxylic acids is 1. The van der Waals surface area contributed by atoms with E-state index in [1.54, 1.807) is 0 Å². The molecule has 0 radical (unpaired) electrons. The number of rotatable bonds is 4. The second-order valence-electron chi connectivity index (χ2n) is 5.74. The fraction of sp³-hybridized carbons (Fsp3) is 0.562. The van der Waals surface area contributed by atoms with Crippen molar-refractivity contribution in [2.24, 2.45) is 0 Å². The minimum Gasteiger partial charge on any atom is -0.371 e. The largest absolute Gasteiger partial charge is 0.371 e. The van der Waals surface area contributed by atoms with Gasteiger partial charge in [0, 0.05) is 31.9 Å². The smallest absolute Gasteiger partial charge is 0.209 e. The van der Waals surface area contributed by atoms with Gasteiger partial charge in [0.1, 0.15) is 0 Å². The molecule has 0 aromatic heterocycles. The molecule has 2 rings (SSSR count). The van der Waals surface area contributed by atoms with Crippen LogP contribution in [0.25, 0.3) is 0 Å². The van der Waals surface area contributed by atoms with Crippen LogP contribution in [0, 0.1) is 0 Å². The molecule has 1 aromatic carbocycles. The molecule has 0 N–H and O–H groups in total. The summed E-state index contributed by atoms with van der Waals surface area (Å²) in [5.74, 6) is 0.568. The molecule has 1 heterocycles. The van der Waals surface area contributed by atoms with Gasteiger partial charge in [-0.15, -0.1) is 0 Å². The monoisotopic (exact) mass is 260 g/mol. The lowest BCUT2D eigenvalue weighted by atomic mass is 10.0. The molecule has 104 valence electrons. The molecule has 1 saturated heterocycles. The van der Waals surface area contributed by atoms with Crippen molar-refractivity contribution >= 4 is 12.1 Å². The van der Waals surface area contributed by atoms with E-state index in [1.807, 2.05) is 11.9 Å². The van der Waals surface area contributed by atoms with E-state index >= 15 is 0 Å². The van der Waals surface area contributed by atoms with Crippen LogP contribution in [0.4, 0.5) is 5.69 Å². The van der Waals surface area contributed by atoms with Crippen LogP contribution in [-0.2, 0) is 4.79 Å². The van der Waals surface area contributed by atoms with Crippen molar-refractivity contribution in [2.75, 3.05) is 25.0 Å². The third kappa shape index (κ3) is 3.28. The van der Waals surface area contributed by atoms with Gasteiger partial charge in [-0.25, -0.2) is 0 Å². The number of nitrogens with zero attached hydrogens (tertiary/aromatic N) is 2. The van der Waals surface area contributed by atoms with E-state index in [-0.39, 0.29) is 0 Å². The van der Waals surface area contributed by atoms with E-state index in [4.69, 9.17) is 0 Å². The molecule has 0 unspecified atom stereocenters. The molecule has 1 aromatic rings.